The van der Waals surface area contributed by atoms with Crippen LogP contribution in [0.1, 0.15) is 22.8 Å². The normalized spacial score (nSPS) is 11.2. The highest BCUT2D eigenvalue weighted by atomic mass is 32.2. The lowest BCUT2D eigenvalue weighted by atomic mass is 10.1. The maximum Gasteiger partial charge on any atom is 0.266 e. The zero-order valence-corrected chi connectivity index (χ0v) is 16.1. The van der Waals surface area contributed by atoms with E-state index >= 15 is 0 Å². The summed E-state index contributed by atoms with van der Waals surface area (Å²) >= 11 is 1.41. The van der Waals surface area contributed by atoms with E-state index in [1.807, 2.05) is 56.3 Å². The molecule has 6 nitrogen and oxygen atoms in total. The molecule has 0 spiro atoms. The van der Waals surface area contributed by atoms with Gasteiger partial charge in [-0.2, -0.15) is 4.98 Å². The number of fused-ring (bicyclic) bond motifs is 1. The van der Waals surface area contributed by atoms with Crippen LogP contribution in [0, 0.1) is 20.8 Å². The number of rotatable bonds is 4. The minimum absolute atomic E-state index is 0.0847. The predicted molar refractivity (Wildman–Crippen MR) is 105 cm³/mol. The third-order valence-corrected chi connectivity index (χ3v) is 5.38. The second-order valence-electron chi connectivity index (χ2n) is 6.30. The number of hydrogen-bond acceptors (Lipinski definition) is 6. The van der Waals surface area contributed by atoms with Crippen LogP contribution in [-0.4, -0.2) is 19.7 Å². The zero-order valence-electron chi connectivity index (χ0n) is 15.3. The molecule has 27 heavy (non-hydrogen) atoms. The van der Waals surface area contributed by atoms with Crippen LogP contribution in [0.2, 0.25) is 0 Å². The second kappa shape index (κ2) is 7.00. The Morgan fingerprint density at radius 1 is 1.04 bits per heavy atom. The first-order valence-electron chi connectivity index (χ1n) is 8.55. The summed E-state index contributed by atoms with van der Waals surface area (Å²) in [7, 11) is 0. The van der Waals surface area contributed by atoms with E-state index in [0.717, 1.165) is 16.8 Å². The Morgan fingerprint density at radius 2 is 1.85 bits per heavy atom. The van der Waals surface area contributed by atoms with Crippen LogP contribution in [0.4, 0.5) is 0 Å². The van der Waals surface area contributed by atoms with Crippen molar-refractivity contribution in [2.75, 3.05) is 0 Å². The van der Waals surface area contributed by atoms with Crippen molar-refractivity contribution in [3.05, 3.63) is 75.7 Å². The molecule has 2 aromatic carbocycles. The van der Waals surface area contributed by atoms with Crippen LogP contribution in [0.15, 0.2) is 56.9 Å². The van der Waals surface area contributed by atoms with E-state index in [-0.39, 0.29) is 5.56 Å². The van der Waals surface area contributed by atoms with Gasteiger partial charge in [0, 0.05) is 0 Å². The average molecular weight is 378 g/mol. The fourth-order valence-corrected chi connectivity index (χ4v) is 3.77. The number of benzene rings is 2. The van der Waals surface area contributed by atoms with Gasteiger partial charge in [0.25, 0.3) is 5.56 Å². The Morgan fingerprint density at radius 3 is 2.63 bits per heavy atom. The average Bonchev–Trinajstić information content (AvgIpc) is 3.08. The maximum absolute atomic E-state index is 13.3. The Kier molecular flexibility index (Phi) is 4.53. The number of aromatic nitrogens is 4. The van der Waals surface area contributed by atoms with Crippen LogP contribution in [-0.2, 0) is 5.75 Å². The van der Waals surface area contributed by atoms with Gasteiger partial charge in [-0.25, -0.2) is 4.98 Å². The number of hydrogen-bond donors (Lipinski definition) is 0. The summed E-state index contributed by atoms with van der Waals surface area (Å²) in [6.07, 6.45) is 0. The molecule has 0 fully saturated rings. The summed E-state index contributed by atoms with van der Waals surface area (Å²) in [6.45, 7) is 5.83. The van der Waals surface area contributed by atoms with Crippen LogP contribution in [0.25, 0.3) is 16.6 Å². The highest BCUT2D eigenvalue weighted by Crippen LogP contribution is 2.26. The van der Waals surface area contributed by atoms with E-state index in [1.54, 1.807) is 11.5 Å². The van der Waals surface area contributed by atoms with Crippen molar-refractivity contribution >= 4 is 22.7 Å². The fourth-order valence-electron chi connectivity index (χ4n) is 2.92. The van der Waals surface area contributed by atoms with Gasteiger partial charge >= 0.3 is 0 Å². The van der Waals surface area contributed by atoms with E-state index in [9.17, 15) is 4.79 Å². The number of thioether (sulfide) groups is 1. The Hall–Kier alpha value is -2.93. The minimum Gasteiger partial charge on any atom is -0.338 e. The molecule has 0 saturated heterocycles. The van der Waals surface area contributed by atoms with Crippen molar-refractivity contribution < 1.29 is 4.52 Å². The minimum atomic E-state index is -0.0847. The quantitative estimate of drug-likeness (QED) is 0.395. The lowest BCUT2D eigenvalue weighted by molar-refractivity contribution is 0.387. The van der Waals surface area contributed by atoms with Crippen LogP contribution in [0.3, 0.4) is 0 Å². The second-order valence-corrected chi connectivity index (χ2v) is 7.24. The molecule has 0 atom stereocenters. The monoisotopic (exact) mass is 378 g/mol. The fraction of sp³-hybridized carbons (Fsp3) is 0.200. The summed E-state index contributed by atoms with van der Waals surface area (Å²) in [5.41, 5.74) is 3.59. The molecule has 2 aromatic heterocycles. The van der Waals surface area contributed by atoms with Crippen LogP contribution < -0.4 is 5.56 Å². The van der Waals surface area contributed by atoms with E-state index in [4.69, 9.17) is 9.51 Å². The summed E-state index contributed by atoms with van der Waals surface area (Å²) in [5, 5.41) is 5.01. The van der Waals surface area contributed by atoms with Gasteiger partial charge in [-0.3, -0.25) is 9.36 Å². The van der Waals surface area contributed by atoms with Gasteiger partial charge in [-0.05, 0) is 50.1 Å². The first-order chi connectivity index (χ1) is 13.0. The third kappa shape index (κ3) is 3.26. The Bertz CT molecular complexity index is 1200. The smallest absolute Gasteiger partial charge is 0.266 e. The van der Waals surface area contributed by atoms with Gasteiger partial charge in [0.15, 0.2) is 11.0 Å². The van der Waals surface area contributed by atoms with Crippen molar-refractivity contribution in [2.24, 2.45) is 0 Å². The van der Waals surface area contributed by atoms with Gasteiger partial charge < -0.3 is 4.52 Å². The standard InChI is InChI=1S/C20H18N4O2S/c1-12-7-6-10-17(13(12)2)24-19(25)15-8-4-5-9-16(15)22-20(24)27-11-18-21-14(3)23-26-18/h4-10H,11H2,1-3H3. The third-order valence-electron chi connectivity index (χ3n) is 4.46. The summed E-state index contributed by atoms with van der Waals surface area (Å²) in [6, 6.07) is 13.3. The molecular weight excluding hydrogens is 360 g/mol. The Labute approximate surface area is 160 Å². The van der Waals surface area contributed by atoms with Gasteiger partial charge in [-0.1, -0.05) is 41.2 Å². The predicted octanol–water partition coefficient (Wildman–Crippen LogP) is 3.99. The summed E-state index contributed by atoms with van der Waals surface area (Å²) in [4.78, 5) is 22.3. The Balaban J connectivity index is 1.90. The van der Waals surface area contributed by atoms with Crippen molar-refractivity contribution in [3.8, 4) is 5.69 Å². The van der Waals surface area contributed by atoms with Crippen molar-refractivity contribution in [1.29, 1.82) is 0 Å². The molecule has 0 unspecified atom stereocenters. The molecule has 0 aliphatic heterocycles. The molecule has 4 aromatic rings. The van der Waals surface area contributed by atoms with Gasteiger partial charge in [0.2, 0.25) is 5.89 Å². The number of para-hydroxylation sites is 1. The zero-order chi connectivity index (χ0) is 19.0. The van der Waals surface area contributed by atoms with Crippen molar-refractivity contribution in [2.45, 2.75) is 31.7 Å². The molecule has 0 amide bonds. The van der Waals surface area contributed by atoms with E-state index < -0.39 is 0 Å². The molecule has 7 heteroatoms. The highest BCUT2D eigenvalue weighted by Gasteiger charge is 2.16. The van der Waals surface area contributed by atoms with E-state index in [1.165, 1.54) is 11.8 Å². The molecule has 0 aliphatic carbocycles. The van der Waals surface area contributed by atoms with Gasteiger partial charge in [0.05, 0.1) is 22.3 Å². The molecule has 0 bridgehead atoms. The van der Waals surface area contributed by atoms with Crippen molar-refractivity contribution in [1.82, 2.24) is 19.7 Å². The van der Waals surface area contributed by atoms with Gasteiger partial charge in [-0.15, -0.1) is 0 Å². The number of nitrogens with zero attached hydrogens (tertiary/aromatic N) is 4. The molecule has 0 radical (unpaired) electrons. The van der Waals surface area contributed by atoms with Gasteiger partial charge in [0.1, 0.15) is 0 Å². The van der Waals surface area contributed by atoms with Crippen LogP contribution in [0.5, 0.6) is 0 Å². The lowest BCUT2D eigenvalue weighted by Gasteiger charge is -2.15. The van der Waals surface area contributed by atoms with Crippen molar-refractivity contribution in [3.63, 3.8) is 0 Å². The summed E-state index contributed by atoms with van der Waals surface area (Å²) in [5.74, 6) is 1.53. The largest absolute Gasteiger partial charge is 0.338 e. The SMILES string of the molecule is Cc1noc(CSc2nc3ccccc3c(=O)n2-c2cccc(C)c2C)n1. The summed E-state index contributed by atoms with van der Waals surface area (Å²) < 4.78 is 6.87. The molecule has 0 aliphatic rings. The first-order valence-corrected chi connectivity index (χ1v) is 9.53. The molecule has 4 rings (SSSR count). The maximum atomic E-state index is 13.3. The molecule has 2 heterocycles. The topological polar surface area (TPSA) is 73.8 Å². The van der Waals surface area contributed by atoms with E-state index in [0.29, 0.717) is 33.5 Å². The number of aryl methyl sites for hydroxylation is 2. The van der Waals surface area contributed by atoms with E-state index in [2.05, 4.69) is 10.1 Å². The highest BCUT2D eigenvalue weighted by molar-refractivity contribution is 7.98. The molecule has 136 valence electrons. The lowest BCUT2D eigenvalue weighted by Crippen LogP contribution is -2.22. The molecule has 0 N–H and O–H groups in total. The molecular formula is C20H18N4O2S. The first kappa shape index (κ1) is 17.5. The molecule has 0 saturated carbocycles. The van der Waals surface area contributed by atoms with Crippen LogP contribution >= 0.6 is 11.8 Å².